The largest absolute Gasteiger partial charge is 0.295 e. The zero-order valence-corrected chi connectivity index (χ0v) is 6.23. The summed E-state index contributed by atoms with van der Waals surface area (Å²) in [5.41, 5.74) is 0. The van der Waals surface area contributed by atoms with Crippen LogP contribution in [0.25, 0.3) is 0 Å². The Bertz CT molecular complexity index is 204. The molecule has 0 saturated heterocycles. The molecular formula is C7H7NOS. The van der Waals surface area contributed by atoms with E-state index in [1.54, 1.807) is 12.2 Å². The molecule has 0 amide bonds. The molecule has 0 N–H and O–H groups in total. The van der Waals surface area contributed by atoms with Crippen molar-refractivity contribution in [3.8, 4) is 5.40 Å². The number of carbonyl (C=O) groups excluding carboxylic acids is 1. The maximum atomic E-state index is 10.6. The smallest absolute Gasteiger partial charge is 0.155 e. The van der Waals surface area contributed by atoms with Gasteiger partial charge in [0.15, 0.2) is 5.78 Å². The quantitative estimate of drug-likeness (QED) is 0.536. The van der Waals surface area contributed by atoms with Gasteiger partial charge in [0, 0.05) is 11.7 Å². The second kappa shape index (κ2) is 3.43. The monoisotopic (exact) mass is 153 g/mol. The van der Waals surface area contributed by atoms with E-state index in [2.05, 4.69) is 0 Å². The molecule has 0 fully saturated rings. The standard InChI is InChI=1S/C7H7NOS/c8-5-10-7-3-1-6(9)2-4-7/h1,3,7H,2,4H2. The Morgan fingerprint density at radius 1 is 1.80 bits per heavy atom. The molecule has 0 aromatic heterocycles. The molecule has 1 atom stereocenters. The maximum Gasteiger partial charge on any atom is 0.155 e. The third kappa shape index (κ3) is 1.89. The number of nitriles is 1. The van der Waals surface area contributed by atoms with Gasteiger partial charge in [-0.3, -0.25) is 4.79 Å². The van der Waals surface area contributed by atoms with Gasteiger partial charge in [0.2, 0.25) is 0 Å². The lowest BCUT2D eigenvalue weighted by Crippen LogP contribution is -2.08. The van der Waals surface area contributed by atoms with Crippen LogP contribution >= 0.6 is 11.8 Å². The summed E-state index contributed by atoms with van der Waals surface area (Å²) in [5, 5.41) is 10.5. The predicted molar refractivity (Wildman–Crippen MR) is 40.4 cm³/mol. The summed E-state index contributed by atoms with van der Waals surface area (Å²) in [6.07, 6.45) is 4.78. The summed E-state index contributed by atoms with van der Waals surface area (Å²) < 4.78 is 0. The van der Waals surface area contributed by atoms with Crippen LogP contribution in [0.2, 0.25) is 0 Å². The van der Waals surface area contributed by atoms with E-state index in [1.165, 1.54) is 11.8 Å². The number of ketones is 1. The second-order valence-corrected chi connectivity index (χ2v) is 3.14. The van der Waals surface area contributed by atoms with E-state index in [1.807, 2.05) is 5.40 Å². The number of thiocyanates is 1. The highest BCUT2D eigenvalue weighted by molar-refractivity contribution is 8.04. The van der Waals surface area contributed by atoms with Gasteiger partial charge < -0.3 is 0 Å². The van der Waals surface area contributed by atoms with Gasteiger partial charge >= 0.3 is 0 Å². The average molecular weight is 153 g/mol. The fourth-order valence-electron chi connectivity index (χ4n) is 0.845. The first-order valence-electron chi connectivity index (χ1n) is 3.08. The third-order valence-corrected chi connectivity index (χ3v) is 2.18. The number of hydrogen-bond donors (Lipinski definition) is 0. The molecule has 0 aliphatic heterocycles. The molecule has 2 nitrogen and oxygen atoms in total. The van der Waals surface area contributed by atoms with Crippen LogP contribution in [0, 0.1) is 10.7 Å². The molecule has 1 aliphatic rings. The van der Waals surface area contributed by atoms with Crippen LogP contribution in [0.15, 0.2) is 12.2 Å². The van der Waals surface area contributed by atoms with E-state index in [9.17, 15) is 4.79 Å². The average Bonchev–Trinajstić information content (AvgIpc) is 1.95. The minimum Gasteiger partial charge on any atom is -0.295 e. The number of thioether (sulfide) groups is 1. The third-order valence-electron chi connectivity index (χ3n) is 1.38. The normalized spacial score (nSPS) is 24.3. The first kappa shape index (κ1) is 7.36. The van der Waals surface area contributed by atoms with Gasteiger partial charge in [-0.05, 0) is 24.3 Å². The van der Waals surface area contributed by atoms with E-state index in [0.717, 1.165) is 6.42 Å². The Hall–Kier alpha value is -0.750. The summed E-state index contributed by atoms with van der Waals surface area (Å²) in [7, 11) is 0. The molecular weight excluding hydrogens is 146 g/mol. The second-order valence-electron chi connectivity index (χ2n) is 2.11. The molecule has 1 rings (SSSR count). The van der Waals surface area contributed by atoms with Gasteiger partial charge in [-0.25, -0.2) is 0 Å². The topological polar surface area (TPSA) is 40.9 Å². The summed E-state index contributed by atoms with van der Waals surface area (Å²) in [6, 6.07) is 0. The molecule has 3 heteroatoms. The maximum absolute atomic E-state index is 10.6. The van der Waals surface area contributed by atoms with Gasteiger partial charge in [0.05, 0.1) is 0 Å². The number of rotatable bonds is 1. The summed E-state index contributed by atoms with van der Waals surface area (Å²) >= 11 is 1.22. The molecule has 0 radical (unpaired) electrons. The molecule has 10 heavy (non-hydrogen) atoms. The van der Waals surface area contributed by atoms with Gasteiger partial charge in [0.1, 0.15) is 5.40 Å². The molecule has 52 valence electrons. The Kier molecular flexibility index (Phi) is 2.52. The zero-order chi connectivity index (χ0) is 7.40. The number of allylic oxidation sites excluding steroid dienone is 1. The Morgan fingerprint density at radius 2 is 2.60 bits per heavy atom. The molecule has 0 spiro atoms. The summed E-state index contributed by atoms with van der Waals surface area (Å²) in [6.45, 7) is 0. The van der Waals surface area contributed by atoms with E-state index >= 15 is 0 Å². The highest BCUT2D eigenvalue weighted by Crippen LogP contribution is 2.20. The summed E-state index contributed by atoms with van der Waals surface area (Å²) in [4.78, 5) is 10.6. The SMILES string of the molecule is N#CSC1C=CC(=O)CC1. The fraction of sp³-hybridized carbons (Fsp3) is 0.429. The Balaban J connectivity index is 2.46. The minimum atomic E-state index is 0.176. The number of nitrogens with zero attached hydrogens (tertiary/aromatic N) is 1. The van der Waals surface area contributed by atoms with Crippen LogP contribution in [-0.4, -0.2) is 11.0 Å². The molecule has 0 aromatic carbocycles. The van der Waals surface area contributed by atoms with Crippen molar-refractivity contribution < 1.29 is 4.79 Å². The van der Waals surface area contributed by atoms with Gasteiger partial charge in [-0.2, -0.15) is 5.26 Å². The van der Waals surface area contributed by atoms with Crippen molar-refractivity contribution in [1.82, 2.24) is 0 Å². The fourth-order valence-corrected chi connectivity index (χ4v) is 1.37. The van der Waals surface area contributed by atoms with E-state index < -0.39 is 0 Å². The molecule has 1 aliphatic carbocycles. The predicted octanol–water partition coefficient (Wildman–Crippen LogP) is 1.49. The highest BCUT2D eigenvalue weighted by atomic mass is 32.2. The van der Waals surface area contributed by atoms with E-state index in [0.29, 0.717) is 6.42 Å². The lowest BCUT2D eigenvalue weighted by molar-refractivity contribution is -0.114. The van der Waals surface area contributed by atoms with E-state index in [4.69, 9.17) is 5.26 Å². The van der Waals surface area contributed by atoms with Crippen LogP contribution in [0.3, 0.4) is 0 Å². The van der Waals surface area contributed by atoms with Crippen molar-refractivity contribution >= 4 is 17.5 Å². The molecule has 0 bridgehead atoms. The first-order valence-corrected chi connectivity index (χ1v) is 3.96. The van der Waals surface area contributed by atoms with Crippen LogP contribution in [-0.2, 0) is 4.79 Å². The highest BCUT2D eigenvalue weighted by Gasteiger charge is 2.12. The van der Waals surface area contributed by atoms with Crippen LogP contribution in [0.5, 0.6) is 0 Å². The first-order chi connectivity index (χ1) is 4.83. The Morgan fingerprint density at radius 3 is 3.10 bits per heavy atom. The van der Waals surface area contributed by atoms with E-state index in [-0.39, 0.29) is 11.0 Å². The van der Waals surface area contributed by atoms with Crippen LogP contribution in [0.4, 0.5) is 0 Å². The minimum absolute atomic E-state index is 0.176. The van der Waals surface area contributed by atoms with Gasteiger partial charge in [-0.1, -0.05) is 6.08 Å². The van der Waals surface area contributed by atoms with Crippen molar-refractivity contribution in [2.45, 2.75) is 18.1 Å². The van der Waals surface area contributed by atoms with Gasteiger partial charge in [-0.15, -0.1) is 0 Å². The van der Waals surface area contributed by atoms with Crippen LogP contribution in [0.1, 0.15) is 12.8 Å². The number of carbonyl (C=O) groups is 1. The molecule has 0 heterocycles. The molecule has 0 aromatic rings. The summed E-state index contributed by atoms with van der Waals surface area (Å²) in [5.74, 6) is 0.176. The molecule has 1 unspecified atom stereocenters. The van der Waals surface area contributed by atoms with Gasteiger partial charge in [0.25, 0.3) is 0 Å². The van der Waals surface area contributed by atoms with Crippen molar-refractivity contribution in [2.24, 2.45) is 0 Å². The number of hydrogen-bond acceptors (Lipinski definition) is 3. The zero-order valence-electron chi connectivity index (χ0n) is 5.41. The van der Waals surface area contributed by atoms with Crippen molar-refractivity contribution in [3.63, 3.8) is 0 Å². The van der Waals surface area contributed by atoms with Crippen molar-refractivity contribution in [1.29, 1.82) is 5.26 Å². The van der Waals surface area contributed by atoms with Crippen molar-refractivity contribution in [2.75, 3.05) is 0 Å². The molecule has 0 saturated carbocycles. The lowest BCUT2D eigenvalue weighted by atomic mass is 10.1. The Labute approximate surface area is 63.9 Å². The van der Waals surface area contributed by atoms with Crippen molar-refractivity contribution in [3.05, 3.63) is 12.2 Å². The lowest BCUT2D eigenvalue weighted by Gasteiger charge is -2.09. The van der Waals surface area contributed by atoms with Crippen LogP contribution < -0.4 is 0 Å².